The second kappa shape index (κ2) is 5.27. The molecule has 2 N–H and O–H groups in total. The van der Waals surface area contributed by atoms with Crippen LogP contribution < -0.4 is 5.69 Å². The number of carbonyl (C=O) groups is 1. The fraction of sp³-hybridized carbons (Fsp3) is 0.385. The molecule has 1 aromatic heterocycles. The summed E-state index contributed by atoms with van der Waals surface area (Å²) in [7, 11) is 0. The van der Waals surface area contributed by atoms with E-state index in [4.69, 9.17) is 4.74 Å². The largest absolute Gasteiger partial charge is 0.478 e. The number of benzene rings is 1. The molecule has 19 heavy (non-hydrogen) atoms. The number of aromatic amines is 1. The van der Waals surface area contributed by atoms with E-state index in [2.05, 4.69) is 4.98 Å². The maximum Gasteiger partial charge on any atom is 0.337 e. The van der Waals surface area contributed by atoms with Crippen molar-refractivity contribution in [1.29, 1.82) is 0 Å². The lowest BCUT2D eigenvalue weighted by Crippen LogP contribution is -2.25. The molecule has 2 aromatic rings. The number of aromatic carboxylic acids is 1. The fourth-order valence-electron chi connectivity index (χ4n) is 2.16. The Morgan fingerprint density at radius 1 is 1.53 bits per heavy atom. The zero-order valence-corrected chi connectivity index (χ0v) is 10.8. The number of hydrogen-bond acceptors (Lipinski definition) is 3. The van der Waals surface area contributed by atoms with Gasteiger partial charge in [0.2, 0.25) is 0 Å². The Hall–Kier alpha value is -2.08. The van der Waals surface area contributed by atoms with E-state index < -0.39 is 5.97 Å². The number of aromatic nitrogens is 2. The molecule has 2 rings (SSSR count). The zero-order valence-electron chi connectivity index (χ0n) is 10.8. The quantitative estimate of drug-likeness (QED) is 0.856. The van der Waals surface area contributed by atoms with Gasteiger partial charge in [-0.05, 0) is 26.0 Å². The topological polar surface area (TPSA) is 84.3 Å². The molecular weight excluding hydrogens is 248 g/mol. The first-order valence-electron chi connectivity index (χ1n) is 6.11. The second-order valence-corrected chi connectivity index (χ2v) is 4.31. The number of para-hydroxylation sites is 1. The van der Waals surface area contributed by atoms with Crippen molar-refractivity contribution >= 4 is 17.0 Å². The monoisotopic (exact) mass is 264 g/mol. The number of rotatable bonds is 5. The highest BCUT2D eigenvalue weighted by molar-refractivity contribution is 6.01. The Kier molecular flexibility index (Phi) is 3.71. The van der Waals surface area contributed by atoms with Gasteiger partial charge in [-0.2, -0.15) is 0 Å². The Labute approximate surface area is 109 Å². The first-order chi connectivity index (χ1) is 9.04. The maximum atomic E-state index is 11.9. The maximum absolute atomic E-state index is 11.9. The summed E-state index contributed by atoms with van der Waals surface area (Å²) >= 11 is 0. The predicted molar refractivity (Wildman–Crippen MR) is 70.6 cm³/mol. The van der Waals surface area contributed by atoms with Crippen LogP contribution in [-0.4, -0.2) is 33.3 Å². The Morgan fingerprint density at radius 3 is 2.89 bits per heavy atom. The molecule has 0 aliphatic rings. The van der Waals surface area contributed by atoms with E-state index in [0.717, 1.165) is 0 Å². The average molecular weight is 264 g/mol. The first-order valence-corrected chi connectivity index (χ1v) is 6.11. The van der Waals surface area contributed by atoms with E-state index in [1.807, 2.05) is 13.8 Å². The summed E-state index contributed by atoms with van der Waals surface area (Å²) in [6.45, 7) is 4.58. The first kappa shape index (κ1) is 13.4. The van der Waals surface area contributed by atoms with Crippen LogP contribution in [0.5, 0.6) is 0 Å². The van der Waals surface area contributed by atoms with Gasteiger partial charge in [0, 0.05) is 6.61 Å². The van der Waals surface area contributed by atoms with E-state index >= 15 is 0 Å². The molecule has 102 valence electrons. The predicted octanol–water partition coefficient (Wildman–Crippen LogP) is 1.45. The molecule has 0 bridgehead atoms. The molecule has 0 aliphatic heterocycles. The summed E-state index contributed by atoms with van der Waals surface area (Å²) in [5.41, 5.74) is 0.718. The molecule has 1 heterocycles. The van der Waals surface area contributed by atoms with E-state index in [1.54, 1.807) is 12.1 Å². The van der Waals surface area contributed by atoms with Crippen molar-refractivity contribution in [2.75, 3.05) is 6.61 Å². The van der Waals surface area contributed by atoms with E-state index in [0.29, 0.717) is 24.2 Å². The molecule has 1 unspecified atom stereocenters. The molecular formula is C13H16N2O4. The van der Waals surface area contributed by atoms with Crippen LogP contribution in [0.3, 0.4) is 0 Å². The summed E-state index contributed by atoms with van der Waals surface area (Å²) in [4.78, 5) is 25.8. The number of imidazole rings is 1. The van der Waals surface area contributed by atoms with Crippen molar-refractivity contribution in [2.24, 2.45) is 0 Å². The number of H-pyrrole nitrogens is 1. The molecule has 1 aromatic carbocycles. The van der Waals surface area contributed by atoms with Gasteiger partial charge in [0.15, 0.2) is 0 Å². The van der Waals surface area contributed by atoms with Gasteiger partial charge < -0.3 is 14.8 Å². The normalized spacial score (nSPS) is 12.7. The van der Waals surface area contributed by atoms with Crippen molar-refractivity contribution < 1.29 is 14.6 Å². The van der Waals surface area contributed by atoms with E-state index in [-0.39, 0.29) is 17.4 Å². The van der Waals surface area contributed by atoms with Crippen LogP contribution in [0.15, 0.2) is 23.0 Å². The third-order valence-corrected chi connectivity index (χ3v) is 2.91. The Balaban J connectivity index is 2.56. The molecule has 0 aliphatic carbocycles. The van der Waals surface area contributed by atoms with Crippen LogP contribution >= 0.6 is 0 Å². The number of nitrogens with zero attached hydrogens (tertiary/aromatic N) is 1. The summed E-state index contributed by atoms with van der Waals surface area (Å²) < 4.78 is 6.81. The number of carboxylic acid groups (broad SMARTS) is 1. The van der Waals surface area contributed by atoms with Crippen molar-refractivity contribution in [1.82, 2.24) is 9.55 Å². The highest BCUT2D eigenvalue weighted by atomic mass is 16.5. The number of nitrogens with one attached hydrogen (secondary N) is 1. The van der Waals surface area contributed by atoms with Gasteiger partial charge in [0.05, 0.1) is 29.2 Å². The Morgan fingerprint density at radius 2 is 2.26 bits per heavy atom. The molecule has 0 saturated carbocycles. The van der Waals surface area contributed by atoms with Crippen LogP contribution in [0.4, 0.5) is 0 Å². The van der Waals surface area contributed by atoms with Gasteiger partial charge in [0.25, 0.3) is 0 Å². The minimum absolute atomic E-state index is 0.111. The average Bonchev–Trinajstić information content (AvgIpc) is 2.66. The lowest BCUT2D eigenvalue weighted by molar-refractivity contribution is 0.0636. The fourth-order valence-corrected chi connectivity index (χ4v) is 2.16. The van der Waals surface area contributed by atoms with E-state index in [1.165, 1.54) is 10.6 Å². The molecule has 0 fully saturated rings. The number of ether oxygens (including phenoxy) is 1. The van der Waals surface area contributed by atoms with Crippen LogP contribution in [0.25, 0.3) is 11.0 Å². The summed E-state index contributed by atoms with van der Waals surface area (Å²) in [5.74, 6) is -1.05. The number of carboxylic acids is 1. The molecule has 1 atom stereocenters. The SMILES string of the molecule is CCOC(C)Cn1c(=O)[nH]c2cccc(C(=O)O)c21. The minimum Gasteiger partial charge on any atom is -0.478 e. The zero-order chi connectivity index (χ0) is 14.0. The number of hydrogen-bond donors (Lipinski definition) is 2. The second-order valence-electron chi connectivity index (χ2n) is 4.31. The third kappa shape index (κ3) is 2.53. The molecule has 0 radical (unpaired) electrons. The molecule has 0 spiro atoms. The highest BCUT2D eigenvalue weighted by Gasteiger charge is 2.16. The summed E-state index contributed by atoms with van der Waals surface area (Å²) in [6, 6.07) is 4.78. The summed E-state index contributed by atoms with van der Waals surface area (Å²) in [6.07, 6.45) is -0.163. The Bertz CT molecular complexity index is 656. The lowest BCUT2D eigenvalue weighted by Gasteiger charge is -2.12. The molecule has 6 heteroatoms. The summed E-state index contributed by atoms with van der Waals surface area (Å²) in [5, 5.41) is 9.19. The smallest absolute Gasteiger partial charge is 0.337 e. The van der Waals surface area contributed by atoms with Gasteiger partial charge in [-0.15, -0.1) is 0 Å². The van der Waals surface area contributed by atoms with Crippen LogP contribution in [-0.2, 0) is 11.3 Å². The van der Waals surface area contributed by atoms with Crippen molar-refractivity contribution in [3.05, 3.63) is 34.2 Å². The van der Waals surface area contributed by atoms with Gasteiger partial charge in [0.1, 0.15) is 0 Å². The number of fused-ring (bicyclic) bond motifs is 1. The van der Waals surface area contributed by atoms with Crippen molar-refractivity contribution in [3.8, 4) is 0 Å². The van der Waals surface area contributed by atoms with Gasteiger partial charge in [-0.25, -0.2) is 9.59 Å². The van der Waals surface area contributed by atoms with Crippen LogP contribution in [0.1, 0.15) is 24.2 Å². The standard InChI is InChI=1S/C13H16N2O4/c1-3-19-8(2)7-15-11-9(12(16)17)5-4-6-10(11)14-13(15)18/h4-6,8H,3,7H2,1-2H3,(H,14,18)(H,16,17). The van der Waals surface area contributed by atoms with E-state index in [9.17, 15) is 14.7 Å². The third-order valence-electron chi connectivity index (χ3n) is 2.91. The lowest BCUT2D eigenvalue weighted by atomic mass is 10.2. The van der Waals surface area contributed by atoms with Crippen LogP contribution in [0, 0.1) is 0 Å². The van der Waals surface area contributed by atoms with Crippen molar-refractivity contribution in [2.45, 2.75) is 26.5 Å². The minimum atomic E-state index is -1.05. The van der Waals surface area contributed by atoms with Gasteiger partial charge >= 0.3 is 11.7 Å². The molecule has 6 nitrogen and oxygen atoms in total. The van der Waals surface area contributed by atoms with Crippen LogP contribution in [0.2, 0.25) is 0 Å². The van der Waals surface area contributed by atoms with Crippen molar-refractivity contribution in [3.63, 3.8) is 0 Å². The highest BCUT2D eigenvalue weighted by Crippen LogP contribution is 2.16. The van der Waals surface area contributed by atoms with Gasteiger partial charge in [-0.3, -0.25) is 4.57 Å². The molecule has 0 amide bonds. The molecule has 0 saturated heterocycles. The van der Waals surface area contributed by atoms with Gasteiger partial charge in [-0.1, -0.05) is 6.07 Å².